The molecule has 4 aromatic rings. The molecule has 0 atom stereocenters. The van der Waals surface area contributed by atoms with Crippen molar-refractivity contribution in [3.05, 3.63) is 83.8 Å². The standard InChI is InChI=1S/C21H15F3N4OS/c1-13-11-18(21(22,23)24)28-19(25-13)12-16(27-28)20(29)26-15-9-5-6-10-17(15)30-14-7-3-2-4-8-14/h2-12H,1H3,(H,26,29). The van der Waals surface area contributed by atoms with Crippen molar-refractivity contribution < 1.29 is 18.0 Å². The van der Waals surface area contributed by atoms with Crippen molar-refractivity contribution >= 4 is 29.0 Å². The van der Waals surface area contributed by atoms with Crippen LogP contribution in [0.4, 0.5) is 18.9 Å². The van der Waals surface area contributed by atoms with Gasteiger partial charge >= 0.3 is 6.18 Å². The fourth-order valence-electron chi connectivity index (χ4n) is 2.87. The fraction of sp³-hybridized carbons (Fsp3) is 0.0952. The van der Waals surface area contributed by atoms with E-state index in [4.69, 9.17) is 0 Å². The number of aryl methyl sites for hydroxylation is 1. The second kappa shape index (κ2) is 7.83. The first-order valence-corrected chi connectivity index (χ1v) is 9.71. The Kier molecular flexibility index (Phi) is 5.21. The predicted molar refractivity (Wildman–Crippen MR) is 108 cm³/mol. The van der Waals surface area contributed by atoms with Crippen LogP contribution >= 0.6 is 11.8 Å². The highest BCUT2D eigenvalue weighted by Gasteiger charge is 2.35. The Morgan fingerprint density at radius 1 is 1.03 bits per heavy atom. The number of nitrogens with zero attached hydrogens (tertiary/aromatic N) is 3. The summed E-state index contributed by atoms with van der Waals surface area (Å²) in [6.07, 6.45) is -4.62. The number of hydrogen-bond acceptors (Lipinski definition) is 4. The molecule has 2 aromatic carbocycles. The minimum Gasteiger partial charge on any atom is -0.320 e. The summed E-state index contributed by atoms with van der Waals surface area (Å²) in [5.74, 6) is -0.618. The van der Waals surface area contributed by atoms with E-state index in [0.29, 0.717) is 10.2 Å². The summed E-state index contributed by atoms with van der Waals surface area (Å²) in [6.45, 7) is 1.46. The van der Waals surface area contributed by atoms with Crippen molar-refractivity contribution in [1.29, 1.82) is 0 Å². The summed E-state index contributed by atoms with van der Waals surface area (Å²) in [7, 11) is 0. The van der Waals surface area contributed by atoms with Crippen LogP contribution in [0.1, 0.15) is 21.9 Å². The van der Waals surface area contributed by atoms with Gasteiger partial charge in [0.25, 0.3) is 5.91 Å². The van der Waals surface area contributed by atoms with Crippen LogP contribution in [-0.4, -0.2) is 20.5 Å². The third-order valence-electron chi connectivity index (χ3n) is 4.18. The number of anilines is 1. The minimum absolute atomic E-state index is 0.0422. The highest BCUT2D eigenvalue weighted by Crippen LogP contribution is 2.33. The fourth-order valence-corrected chi connectivity index (χ4v) is 3.80. The van der Waals surface area contributed by atoms with E-state index in [9.17, 15) is 18.0 Å². The molecule has 0 aliphatic heterocycles. The number of benzene rings is 2. The zero-order valence-electron chi connectivity index (χ0n) is 15.6. The molecular weight excluding hydrogens is 413 g/mol. The van der Waals surface area contributed by atoms with Gasteiger partial charge in [-0.3, -0.25) is 4.79 Å². The summed E-state index contributed by atoms with van der Waals surface area (Å²) in [4.78, 5) is 18.6. The normalized spacial score (nSPS) is 11.6. The van der Waals surface area contributed by atoms with Gasteiger partial charge in [0.15, 0.2) is 11.3 Å². The molecule has 0 fully saturated rings. The molecule has 9 heteroatoms. The highest BCUT2D eigenvalue weighted by atomic mass is 32.2. The van der Waals surface area contributed by atoms with E-state index in [0.717, 1.165) is 15.9 Å². The topological polar surface area (TPSA) is 59.3 Å². The number of aromatic nitrogens is 3. The molecular formula is C21H15F3N4OS. The average Bonchev–Trinajstić information content (AvgIpc) is 3.13. The van der Waals surface area contributed by atoms with Crippen LogP contribution in [0, 0.1) is 6.92 Å². The Bertz CT molecular complexity index is 1220. The van der Waals surface area contributed by atoms with Crippen LogP contribution in [-0.2, 0) is 6.18 Å². The number of fused-ring (bicyclic) bond motifs is 1. The van der Waals surface area contributed by atoms with Gasteiger partial charge in [-0.1, -0.05) is 42.1 Å². The third-order valence-corrected chi connectivity index (χ3v) is 5.27. The van der Waals surface area contributed by atoms with Crippen LogP contribution in [0.3, 0.4) is 0 Å². The Morgan fingerprint density at radius 3 is 2.47 bits per heavy atom. The summed E-state index contributed by atoms with van der Waals surface area (Å²) >= 11 is 1.46. The number of carbonyl (C=O) groups excluding carboxylic acids is 1. The van der Waals surface area contributed by atoms with Crippen molar-refractivity contribution in [2.45, 2.75) is 22.9 Å². The average molecular weight is 428 g/mol. The molecule has 1 N–H and O–H groups in total. The molecule has 0 saturated carbocycles. The third kappa shape index (κ3) is 4.16. The first kappa shape index (κ1) is 20.0. The summed E-state index contributed by atoms with van der Waals surface area (Å²) < 4.78 is 40.6. The van der Waals surface area contributed by atoms with Crippen molar-refractivity contribution in [3.8, 4) is 0 Å². The predicted octanol–water partition coefficient (Wildman–Crippen LogP) is 5.46. The first-order chi connectivity index (χ1) is 14.3. The Labute approximate surface area is 173 Å². The molecule has 0 unspecified atom stereocenters. The lowest BCUT2D eigenvalue weighted by Gasteiger charge is -2.10. The largest absolute Gasteiger partial charge is 0.433 e. The van der Waals surface area contributed by atoms with Crippen LogP contribution in [0.25, 0.3) is 5.65 Å². The van der Waals surface area contributed by atoms with Gasteiger partial charge in [-0.25, -0.2) is 9.50 Å². The Morgan fingerprint density at radius 2 is 1.73 bits per heavy atom. The number of halogens is 3. The van der Waals surface area contributed by atoms with Gasteiger partial charge in [0.2, 0.25) is 0 Å². The summed E-state index contributed by atoms with van der Waals surface area (Å²) in [6, 6.07) is 18.9. The molecule has 0 aliphatic carbocycles. The molecule has 5 nitrogen and oxygen atoms in total. The maximum Gasteiger partial charge on any atom is 0.433 e. The smallest absolute Gasteiger partial charge is 0.320 e. The van der Waals surface area contributed by atoms with Gasteiger partial charge in [0, 0.05) is 21.6 Å². The molecule has 0 saturated heterocycles. The molecule has 0 spiro atoms. The second-order valence-electron chi connectivity index (χ2n) is 6.45. The quantitative estimate of drug-likeness (QED) is 0.469. The second-order valence-corrected chi connectivity index (χ2v) is 7.56. The molecule has 0 radical (unpaired) electrons. The van der Waals surface area contributed by atoms with Crippen molar-refractivity contribution in [2.75, 3.05) is 5.32 Å². The van der Waals surface area contributed by atoms with E-state index >= 15 is 0 Å². The van der Waals surface area contributed by atoms with E-state index in [1.807, 2.05) is 42.5 Å². The summed E-state index contributed by atoms with van der Waals surface area (Å²) in [5, 5.41) is 6.58. The van der Waals surface area contributed by atoms with Crippen molar-refractivity contribution in [2.24, 2.45) is 0 Å². The zero-order chi connectivity index (χ0) is 21.3. The first-order valence-electron chi connectivity index (χ1n) is 8.89. The van der Waals surface area contributed by atoms with Gasteiger partial charge in [-0.05, 0) is 37.3 Å². The molecule has 2 aromatic heterocycles. The van der Waals surface area contributed by atoms with E-state index < -0.39 is 17.8 Å². The highest BCUT2D eigenvalue weighted by molar-refractivity contribution is 7.99. The maximum absolute atomic E-state index is 13.3. The molecule has 2 heterocycles. The Hall–Kier alpha value is -3.33. The number of nitrogens with one attached hydrogen (secondary N) is 1. The number of alkyl halides is 3. The molecule has 0 bridgehead atoms. The lowest BCUT2D eigenvalue weighted by molar-refractivity contribution is -0.142. The van der Waals surface area contributed by atoms with Crippen LogP contribution in [0.5, 0.6) is 0 Å². The number of carbonyl (C=O) groups is 1. The molecule has 0 aliphatic rings. The number of amides is 1. The number of hydrogen-bond donors (Lipinski definition) is 1. The van der Waals surface area contributed by atoms with Gasteiger partial charge in [0.05, 0.1) is 5.69 Å². The van der Waals surface area contributed by atoms with Crippen LogP contribution in [0.15, 0.2) is 76.5 Å². The van der Waals surface area contributed by atoms with Crippen molar-refractivity contribution in [3.63, 3.8) is 0 Å². The summed E-state index contributed by atoms with van der Waals surface area (Å²) in [5.41, 5.74) is -0.457. The van der Waals surface area contributed by atoms with Crippen molar-refractivity contribution in [1.82, 2.24) is 14.6 Å². The van der Waals surface area contributed by atoms with E-state index in [1.54, 1.807) is 12.1 Å². The van der Waals surface area contributed by atoms with E-state index in [-0.39, 0.29) is 17.0 Å². The molecule has 1 amide bonds. The van der Waals surface area contributed by atoms with Gasteiger partial charge < -0.3 is 5.32 Å². The maximum atomic E-state index is 13.3. The van der Waals surface area contributed by atoms with Crippen LogP contribution < -0.4 is 5.32 Å². The Balaban J connectivity index is 1.65. The molecule has 4 rings (SSSR count). The van der Waals surface area contributed by atoms with Gasteiger partial charge in [-0.15, -0.1) is 0 Å². The van der Waals surface area contributed by atoms with Gasteiger partial charge in [0.1, 0.15) is 5.69 Å². The SMILES string of the molecule is Cc1cc(C(F)(F)F)n2nc(C(=O)Nc3ccccc3Sc3ccccc3)cc2n1. The molecule has 30 heavy (non-hydrogen) atoms. The lowest BCUT2D eigenvalue weighted by atomic mass is 10.3. The monoisotopic (exact) mass is 428 g/mol. The molecule has 152 valence electrons. The van der Waals surface area contributed by atoms with Gasteiger partial charge in [-0.2, -0.15) is 18.3 Å². The lowest BCUT2D eigenvalue weighted by Crippen LogP contribution is -2.16. The van der Waals surface area contributed by atoms with E-state index in [1.165, 1.54) is 24.8 Å². The van der Waals surface area contributed by atoms with E-state index in [2.05, 4.69) is 15.4 Å². The minimum atomic E-state index is -4.62. The van der Waals surface area contributed by atoms with Crippen LogP contribution in [0.2, 0.25) is 0 Å². The number of para-hydroxylation sites is 1. The zero-order valence-corrected chi connectivity index (χ0v) is 16.5. The number of rotatable bonds is 4.